The Kier molecular flexibility index (Phi) is 5.19. The molecule has 0 unspecified atom stereocenters. The molecule has 4 rings (SSSR count). The van der Waals surface area contributed by atoms with Crippen LogP contribution in [0.3, 0.4) is 0 Å². The minimum absolute atomic E-state index is 0.130. The Bertz CT molecular complexity index is 1230. The predicted molar refractivity (Wildman–Crippen MR) is 110 cm³/mol. The van der Waals surface area contributed by atoms with E-state index in [1.807, 2.05) is 18.2 Å². The number of H-pyrrole nitrogens is 1. The van der Waals surface area contributed by atoms with Crippen molar-refractivity contribution in [2.24, 2.45) is 0 Å². The largest absolute Gasteiger partial charge is 0.329 e. The van der Waals surface area contributed by atoms with Crippen LogP contribution in [-0.2, 0) is 26.4 Å². The molecule has 0 amide bonds. The molecule has 154 valence electrons. The fourth-order valence-corrected chi connectivity index (χ4v) is 5.43. The molecule has 0 atom stereocenters. The number of aromatic nitrogens is 2. The van der Waals surface area contributed by atoms with Crippen molar-refractivity contribution in [3.8, 4) is 0 Å². The summed E-state index contributed by atoms with van der Waals surface area (Å²) in [7, 11) is -7.16. The molecule has 29 heavy (non-hydrogen) atoms. The third kappa shape index (κ3) is 4.20. The zero-order valence-corrected chi connectivity index (χ0v) is 17.6. The minimum Gasteiger partial charge on any atom is -0.329 e. The smallest absolute Gasteiger partial charge is 0.243 e. The number of rotatable bonds is 5. The number of piperazine rings is 1. The molecule has 10 heteroatoms. The molecule has 0 saturated carbocycles. The van der Waals surface area contributed by atoms with Gasteiger partial charge in [0.2, 0.25) is 25.0 Å². The van der Waals surface area contributed by atoms with Crippen LogP contribution in [0, 0.1) is 0 Å². The number of hydrogen-bond donors (Lipinski definition) is 1. The normalized spacial score (nSPS) is 17.0. The molecule has 1 N–H and O–H groups in total. The van der Waals surface area contributed by atoms with Crippen molar-refractivity contribution in [2.75, 3.05) is 32.4 Å². The third-order valence-corrected chi connectivity index (χ3v) is 7.79. The molecule has 0 bridgehead atoms. The van der Waals surface area contributed by atoms with Crippen molar-refractivity contribution >= 4 is 30.9 Å². The van der Waals surface area contributed by atoms with Gasteiger partial charge < -0.3 is 4.98 Å². The Morgan fingerprint density at radius 3 is 2.31 bits per heavy atom. The van der Waals surface area contributed by atoms with Gasteiger partial charge >= 0.3 is 0 Å². The van der Waals surface area contributed by atoms with Crippen LogP contribution >= 0.6 is 0 Å². The number of sulfone groups is 1. The van der Waals surface area contributed by atoms with Crippen LogP contribution in [0.5, 0.6) is 0 Å². The summed E-state index contributed by atoms with van der Waals surface area (Å²) in [6.45, 7) is 2.91. The van der Waals surface area contributed by atoms with Gasteiger partial charge in [-0.25, -0.2) is 21.8 Å². The second kappa shape index (κ2) is 7.52. The second-order valence-corrected chi connectivity index (χ2v) is 11.0. The van der Waals surface area contributed by atoms with Crippen LogP contribution in [0.15, 0.2) is 58.6 Å². The predicted octanol–water partition coefficient (Wildman–Crippen LogP) is 1.47. The van der Waals surface area contributed by atoms with Gasteiger partial charge in [-0.2, -0.15) is 4.31 Å². The summed E-state index contributed by atoms with van der Waals surface area (Å²) in [5.74, 6) is 0. The molecule has 1 aliphatic rings. The molecule has 1 aromatic heterocycles. The van der Waals surface area contributed by atoms with Crippen LogP contribution < -0.4 is 0 Å². The Balaban J connectivity index is 1.50. The summed E-state index contributed by atoms with van der Waals surface area (Å²) in [6, 6.07) is 14.5. The highest BCUT2D eigenvalue weighted by molar-refractivity contribution is 7.90. The van der Waals surface area contributed by atoms with Crippen molar-refractivity contribution in [1.82, 2.24) is 19.2 Å². The quantitative estimate of drug-likeness (QED) is 0.652. The van der Waals surface area contributed by atoms with Crippen LogP contribution in [0.1, 0.15) is 5.56 Å². The lowest BCUT2D eigenvalue weighted by molar-refractivity contribution is 0.181. The van der Waals surface area contributed by atoms with Crippen LogP contribution in [0.2, 0.25) is 0 Å². The van der Waals surface area contributed by atoms with Crippen molar-refractivity contribution in [3.63, 3.8) is 0 Å². The topological polar surface area (TPSA) is 103 Å². The fourth-order valence-electron chi connectivity index (χ4n) is 3.42. The van der Waals surface area contributed by atoms with Crippen LogP contribution in [0.25, 0.3) is 11.0 Å². The number of hydrogen-bond acceptors (Lipinski definition) is 6. The lowest BCUT2D eigenvalue weighted by atomic mass is 10.2. The summed E-state index contributed by atoms with van der Waals surface area (Å²) in [5, 5.41) is -0.170. The number of fused-ring (bicyclic) bond motifs is 1. The maximum absolute atomic E-state index is 13.1. The molecule has 2 heterocycles. The number of imidazole rings is 1. The zero-order chi connectivity index (χ0) is 20.6. The van der Waals surface area contributed by atoms with E-state index in [2.05, 4.69) is 27.0 Å². The first-order chi connectivity index (χ1) is 13.7. The van der Waals surface area contributed by atoms with Gasteiger partial charge in [0.05, 0.1) is 15.9 Å². The molecule has 1 saturated heterocycles. The van der Waals surface area contributed by atoms with Gasteiger partial charge in [0.15, 0.2) is 0 Å². The van der Waals surface area contributed by atoms with E-state index in [0.29, 0.717) is 37.2 Å². The van der Waals surface area contributed by atoms with Crippen molar-refractivity contribution in [2.45, 2.75) is 16.6 Å². The maximum atomic E-state index is 13.1. The molecular formula is C19H22N4O4S2. The first kappa shape index (κ1) is 20.0. The van der Waals surface area contributed by atoms with Gasteiger partial charge in [0, 0.05) is 39.0 Å². The van der Waals surface area contributed by atoms with E-state index in [1.165, 1.54) is 28.1 Å². The van der Waals surface area contributed by atoms with E-state index in [0.717, 1.165) is 12.8 Å². The van der Waals surface area contributed by atoms with Crippen LogP contribution in [0.4, 0.5) is 0 Å². The van der Waals surface area contributed by atoms with Crippen LogP contribution in [-0.4, -0.2) is 68.4 Å². The lowest BCUT2D eigenvalue weighted by Gasteiger charge is -2.34. The van der Waals surface area contributed by atoms with E-state index < -0.39 is 19.9 Å². The number of benzene rings is 2. The second-order valence-electron chi connectivity index (χ2n) is 7.16. The summed E-state index contributed by atoms with van der Waals surface area (Å²) in [5.41, 5.74) is 2.00. The molecule has 1 aliphatic heterocycles. The molecule has 3 aromatic rings. The van der Waals surface area contributed by atoms with E-state index >= 15 is 0 Å². The monoisotopic (exact) mass is 434 g/mol. The third-order valence-electron chi connectivity index (χ3n) is 5.00. The number of aromatic amines is 1. The summed E-state index contributed by atoms with van der Waals surface area (Å²) < 4.78 is 50.9. The number of nitrogens with zero attached hydrogens (tertiary/aromatic N) is 3. The van der Waals surface area contributed by atoms with E-state index in [9.17, 15) is 16.8 Å². The Morgan fingerprint density at radius 2 is 1.66 bits per heavy atom. The van der Waals surface area contributed by atoms with Gasteiger partial charge in [-0.3, -0.25) is 4.90 Å². The van der Waals surface area contributed by atoms with Gasteiger partial charge in [0.25, 0.3) is 0 Å². The van der Waals surface area contributed by atoms with Gasteiger partial charge in [-0.05, 0) is 23.8 Å². The molecule has 0 spiro atoms. The molecule has 1 fully saturated rings. The summed E-state index contributed by atoms with van der Waals surface area (Å²) >= 11 is 0. The molecule has 2 aromatic carbocycles. The maximum Gasteiger partial charge on any atom is 0.243 e. The number of sulfonamides is 1. The zero-order valence-electron chi connectivity index (χ0n) is 15.9. The average Bonchev–Trinajstić information content (AvgIpc) is 3.13. The fraction of sp³-hybridized carbons (Fsp3) is 0.316. The first-order valence-electron chi connectivity index (χ1n) is 9.20. The van der Waals surface area contributed by atoms with E-state index in [4.69, 9.17) is 0 Å². The Morgan fingerprint density at radius 1 is 0.966 bits per heavy atom. The number of nitrogens with one attached hydrogen (secondary N) is 1. The van der Waals surface area contributed by atoms with Crippen molar-refractivity contribution in [3.05, 3.63) is 54.1 Å². The van der Waals surface area contributed by atoms with Gasteiger partial charge in [-0.1, -0.05) is 30.3 Å². The highest BCUT2D eigenvalue weighted by Gasteiger charge is 2.29. The molecule has 0 radical (unpaired) electrons. The molecular weight excluding hydrogens is 412 g/mol. The Hall–Kier alpha value is -2.27. The SMILES string of the molecule is CS(=O)(=O)c1nc2ccc(S(=O)(=O)N3CCN(Cc4ccccc4)CC3)cc2[nH]1. The standard InChI is InChI=1S/C19H22N4O4S2/c1-28(24,25)19-20-17-8-7-16(13-18(17)21-19)29(26,27)23-11-9-22(10-12-23)14-15-5-3-2-4-6-15/h2-8,13H,9-12,14H2,1H3,(H,20,21). The van der Waals surface area contributed by atoms with Gasteiger partial charge in [-0.15, -0.1) is 0 Å². The van der Waals surface area contributed by atoms with E-state index in [1.54, 1.807) is 0 Å². The molecule has 0 aliphatic carbocycles. The van der Waals surface area contributed by atoms with E-state index in [-0.39, 0.29) is 10.1 Å². The van der Waals surface area contributed by atoms with Gasteiger partial charge in [0.1, 0.15) is 0 Å². The summed E-state index contributed by atoms with van der Waals surface area (Å²) in [6.07, 6.45) is 1.05. The minimum atomic E-state index is -3.67. The average molecular weight is 435 g/mol. The lowest BCUT2D eigenvalue weighted by Crippen LogP contribution is -2.48. The van der Waals surface area contributed by atoms with Crippen molar-refractivity contribution in [1.29, 1.82) is 0 Å². The highest BCUT2D eigenvalue weighted by atomic mass is 32.2. The molecule has 8 nitrogen and oxygen atoms in total. The van der Waals surface area contributed by atoms with Crippen molar-refractivity contribution < 1.29 is 16.8 Å². The summed E-state index contributed by atoms with van der Waals surface area (Å²) in [4.78, 5) is 9.07. The Labute approximate surface area is 170 Å². The first-order valence-corrected chi connectivity index (χ1v) is 12.5. The highest BCUT2D eigenvalue weighted by Crippen LogP contribution is 2.23.